The van der Waals surface area contributed by atoms with Crippen molar-refractivity contribution in [2.24, 2.45) is 0 Å². The first-order chi connectivity index (χ1) is 20.3. The number of amides is 1. The number of nitrogens with one attached hydrogen (secondary N) is 2. The molecule has 11 nitrogen and oxygen atoms in total. The highest BCUT2D eigenvalue weighted by molar-refractivity contribution is 6.32. The van der Waals surface area contributed by atoms with E-state index in [0.717, 1.165) is 61.8 Å². The maximum atomic E-state index is 12.2. The summed E-state index contributed by atoms with van der Waals surface area (Å²) in [4.78, 5) is 27.4. The molecule has 1 aromatic heterocycles. The first kappa shape index (κ1) is 29.7. The molecule has 0 saturated carbocycles. The Hall–Kier alpha value is -3.80. The fourth-order valence-electron chi connectivity index (χ4n) is 5.15. The van der Waals surface area contributed by atoms with Gasteiger partial charge in [0.15, 0.2) is 5.82 Å². The van der Waals surface area contributed by atoms with Crippen LogP contribution in [0.5, 0.6) is 11.5 Å². The second kappa shape index (κ2) is 13.5. The minimum Gasteiger partial charge on any atom is -0.495 e. The van der Waals surface area contributed by atoms with E-state index < -0.39 is 0 Å². The van der Waals surface area contributed by atoms with Crippen molar-refractivity contribution in [3.63, 3.8) is 0 Å². The molecule has 0 bridgehead atoms. The zero-order chi connectivity index (χ0) is 29.6. The molecule has 3 heterocycles. The van der Waals surface area contributed by atoms with Crippen molar-refractivity contribution in [2.75, 3.05) is 89.8 Å². The number of anilines is 5. The molecule has 224 valence electrons. The SMILES string of the molecule is COc1cc2c(cc1Nc1ncc(Cl)c(Nc3ccc(N4CCOCC4)c(OC)c3)n1)CCN(CC(=O)N(C)C)CC2. The van der Waals surface area contributed by atoms with Crippen molar-refractivity contribution in [3.8, 4) is 11.5 Å². The van der Waals surface area contributed by atoms with Crippen LogP contribution in [0.2, 0.25) is 5.02 Å². The number of benzene rings is 2. The van der Waals surface area contributed by atoms with Gasteiger partial charge in [-0.15, -0.1) is 0 Å². The monoisotopic (exact) mass is 595 g/mol. The van der Waals surface area contributed by atoms with Gasteiger partial charge in [-0.05, 0) is 48.2 Å². The zero-order valence-electron chi connectivity index (χ0n) is 24.6. The van der Waals surface area contributed by atoms with Gasteiger partial charge in [-0.2, -0.15) is 4.98 Å². The number of ether oxygens (including phenoxy) is 3. The number of aromatic nitrogens is 2. The Labute approximate surface area is 251 Å². The molecule has 42 heavy (non-hydrogen) atoms. The number of morpholine rings is 1. The van der Waals surface area contributed by atoms with Gasteiger partial charge >= 0.3 is 0 Å². The molecule has 2 N–H and O–H groups in total. The van der Waals surface area contributed by atoms with Gasteiger partial charge in [-0.1, -0.05) is 11.6 Å². The number of carbonyl (C=O) groups excluding carboxylic acids is 1. The Morgan fingerprint density at radius 1 is 1.00 bits per heavy atom. The van der Waals surface area contributed by atoms with Gasteiger partial charge in [-0.3, -0.25) is 9.69 Å². The van der Waals surface area contributed by atoms with Gasteiger partial charge in [0, 0.05) is 52.0 Å². The van der Waals surface area contributed by atoms with Crippen LogP contribution in [-0.4, -0.2) is 99.9 Å². The Morgan fingerprint density at radius 2 is 1.71 bits per heavy atom. The van der Waals surface area contributed by atoms with E-state index in [9.17, 15) is 4.79 Å². The molecule has 0 radical (unpaired) electrons. The van der Waals surface area contributed by atoms with Crippen molar-refractivity contribution in [1.29, 1.82) is 0 Å². The molecular weight excluding hydrogens is 558 g/mol. The van der Waals surface area contributed by atoms with Gasteiger partial charge in [0.2, 0.25) is 11.9 Å². The molecule has 3 aromatic rings. The van der Waals surface area contributed by atoms with E-state index in [1.54, 1.807) is 39.4 Å². The van der Waals surface area contributed by atoms with E-state index >= 15 is 0 Å². The van der Waals surface area contributed by atoms with Crippen LogP contribution in [0.25, 0.3) is 0 Å². The second-order valence-electron chi connectivity index (χ2n) is 10.5. The lowest BCUT2D eigenvalue weighted by molar-refractivity contribution is -0.129. The van der Waals surface area contributed by atoms with E-state index in [0.29, 0.717) is 42.3 Å². The maximum Gasteiger partial charge on any atom is 0.236 e. The number of nitrogens with zero attached hydrogens (tertiary/aromatic N) is 5. The Kier molecular flexibility index (Phi) is 9.51. The van der Waals surface area contributed by atoms with E-state index in [1.165, 1.54) is 11.1 Å². The molecule has 1 fully saturated rings. The lowest BCUT2D eigenvalue weighted by Gasteiger charge is -2.30. The smallest absolute Gasteiger partial charge is 0.236 e. The highest BCUT2D eigenvalue weighted by Gasteiger charge is 2.20. The number of carbonyl (C=O) groups is 1. The number of rotatable bonds is 9. The molecule has 5 rings (SSSR count). The molecule has 0 aliphatic carbocycles. The number of halogens is 1. The van der Waals surface area contributed by atoms with Gasteiger partial charge in [-0.25, -0.2) is 4.98 Å². The van der Waals surface area contributed by atoms with Crippen LogP contribution in [0.3, 0.4) is 0 Å². The minimum atomic E-state index is 0.108. The second-order valence-corrected chi connectivity index (χ2v) is 10.9. The normalized spacial score (nSPS) is 15.4. The van der Waals surface area contributed by atoms with Crippen LogP contribution in [-0.2, 0) is 22.4 Å². The maximum absolute atomic E-state index is 12.2. The van der Waals surface area contributed by atoms with Crippen molar-refractivity contribution in [3.05, 3.63) is 52.7 Å². The van der Waals surface area contributed by atoms with Crippen LogP contribution >= 0.6 is 11.6 Å². The van der Waals surface area contributed by atoms with Gasteiger partial charge < -0.3 is 34.6 Å². The van der Waals surface area contributed by atoms with Gasteiger partial charge in [0.1, 0.15) is 16.5 Å². The predicted octanol–water partition coefficient (Wildman–Crippen LogP) is 3.96. The van der Waals surface area contributed by atoms with Gasteiger partial charge in [0.25, 0.3) is 0 Å². The third kappa shape index (κ3) is 6.97. The molecule has 0 spiro atoms. The van der Waals surface area contributed by atoms with Crippen LogP contribution < -0.4 is 25.0 Å². The van der Waals surface area contributed by atoms with Crippen LogP contribution in [0.1, 0.15) is 11.1 Å². The Morgan fingerprint density at radius 3 is 2.40 bits per heavy atom. The highest BCUT2D eigenvalue weighted by Crippen LogP contribution is 2.35. The molecule has 1 amide bonds. The zero-order valence-corrected chi connectivity index (χ0v) is 25.3. The lowest BCUT2D eigenvalue weighted by Crippen LogP contribution is -2.37. The third-order valence-electron chi connectivity index (χ3n) is 7.56. The summed E-state index contributed by atoms with van der Waals surface area (Å²) in [7, 11) is 6.89. The van der Waals surface area contributed by atoms with E-state index in [4.69, 9.17) is 25.8 Å². The molecule has 1 saturated heterocycles. The van der Waals surface area contributed by atoms with Crippen molar-refractivity contribution in [1.82, 2.24) is 19.8 Å². The summed E-state index contributed by atoms with van der Waals surface area (Å²) < 4.78 is 16.9. The number of methoxy groups -OCH3 is 2. The summed E-state index contributed by atoms with van der Waals surface area (Å²) in [6.07, 6.45) is 3.23. The minimum absolute atomic E-state index is 0.108. The quantitative estimate of drug-likeness (QED) is 0.378. The summed E-state index contributed by atoms with van der Waals surface area (Å²) in [5.74, 6) is 2.40. The van der Waals surface area contributed by atoms with Crippen molar-refractivity contribution >= 4 is 46.3 Å². The number of fused-ring (bicyclic) bond motifs is 1. The lowest BCUT2D eigenvalue weighted by atomic mass is 10.0. The first-order valence-corrected chi connectivity index (χ1v) is 14.4. The molecule has 2 aliphatic heterocycles. The molecule has 2 aromatic carbocycles. The average Bonchev–Trinajstić information content (AvgIpc) is 3.20. The van der Waals surface area contributed by atoms with E-state index in [2.05, 4.69) is 42.5 Å². The molecule has 12 heteroatoms. The summed E-state index contributed by atoms with van der Waals surface area (Å²) in [5, 5.41) is 7.01. The molecule has 2 aliphatic rings. The van der Waals surface area contributed by atoms with Crippen molar-refractivity contribution in [2.45, 2.75) is 12.8 Å². The number of hydrogen-bond donors (Lipinski definition) is 2. The summed E-state index contributed by atoms with van der Waals surface area (Å²) in [5.41, 5.74) is 4.99. The largest absolute Gasteiger partial charge is 0.495 e. The average molecular weight is 596 g/mol. The topological polar surface area (TPSA) is 104 Å². The van der Waals surface area contributed by atoms with Crippen LogP contribution in [0.4, 0.5) is 28.8 Å². The molecule has 0 atom stereocenters. The van der Waals surface area contributed by atoms with Crippen LogP contribution in [0.15, 0.2) is 36.5 Å². The highest BCUT2D eigenvalue weighted by atomic mass is 35.5. The third-order valence-corrected chi connectivity index (χ3v) is 7.84. The number of hydrogen-bond acceptors (Lipinski definition) is 10. The first-order valence-electron chi connectivity index (χ1n) is 14.0. The van der Waals surface area contributed by atoms with Crippen molar-refractivity contribution < 1.29 is 19.0 Å². The standard InChI is InChI=1S/C30H38ClN7O4/c1-36(2)28(39)19-37-9-7-20-15-24(26(40-3)16-21(20)8-10-37)34-30-32-18-23(31)29(35-30)33-22-5-6-25(27(17-22)41-4)38-11-13-42-14-12-38/h5-6,15-18H,7-14,19H2,1-4H3,(H2,32,33,34,35). The fraction of sp³-hybridized carbons (Fsp3) is 0.433. The van der Waals surface area contributed by atoms with E-state index in [1.807, 2.05) is 18.2 Å². The van der Waals surface area contributed by atoms with E-state index in [-0.39, 0.29) is 5.91 Å². The molecular formula is C30H38ClN7O4. The Bertz CT molecular complexity index is 1410. The fourth-order valence-corrected chi connectivity index (χ4v) is 5.29. The summed E-state index contributed by atoms with van der Waals surface area (Å²) in [6.45, 7) is 5.06. The summed E-state index contributed by atoms with van der Waals surface area (Å²) in [6, 6.07) is 10.1. The number of likely N-dealkylation sites (N-methyl/N-ethyl adjacent to an activating group) is 1. The van der Waals surface area contributed by atoms with Crippen LogP contribution in [0, 0.1) is 0 Å². The summed E-state index contributed by atoms with van der Waals surface area (Å²) >= 11 is 6.49. The predicted molar refractivity (Wildman–Crippen MR) is 165 cm³/mol. The van der Waals surface area contributed by atoms with Gasteiger partial charge in [0.05, 0.1) is 51.5 Å². The Balaban J connectivity index is 1.32. The molecule has 0 unspecified atom stereocenters.